The zero-order valence-corrected chi connectivity index (χ0v) is 28.9. The third-order valence-electron chi connectivity index (χ3n) is 11.3. The second-order valence-corrected chi connectivity index (χ2v) is 15.1. The number of hydrogen-bond acceptors (Lipinski definition) is 2. The van der Waals surface area contributed by atoms with Crippen LogP contribution in [0.3, 0.4) is 0 Å². The van der Waals surface area contributed by atoms with E-state index < -0.39 is 0 Å². The molecule has 0 radical (unpaired) electrons. The lowest BCUT2D eigenvalue weighted by Crippen LogP contribution is -2.11. The average molecular weight is 683 g/mol. The molecule has 4 aromatic heterocycles. The van der Waals surface area contributed by atoms with Crippen LogP contribution in [0.4, 0.5) is 0 Å². The van der Waals surface area contributed by atoms with Crippen molar-refractivity contribution in [2.45, 2.75) is 12.3 Å². The molecule has 1 atom stereocenters. The zero-order chi connectivity index (χ0) is 33.9. The van der Waals surface area contributed by atoms with Crippen LogP contribution >= 0.6 is 11.3 Å². The van der Waals surface area contributed by atoms with E-state index in [-0.39, 0.29) is 5.92 Å². The summed E-state index contributed by atoms with van der Waals surface area (Å²) < 4.78 is 13.9. The number of para-hydroxylation sites is 3. The second-order valence-electron chi connectivity index (χ2n) is 14.0. The van der Waals surface area contributed by atoms with Gasteiger partial charge in [-0.1, -0.05) is 97.1 Å². The number of nitrogens with zero attached hydrogens (tertiary/aromatic N) is 2. The molecule has 0 spiro atoms. The second kappa shape index (κ2) is 10.6. The molecule has 11 aromatic rings. The van der Waals surface area contributed by atoms with Crippen LogP contribution in [-0.4, -0.2) is 9.13 Å². The topological polar surface area (TPSA) is 23.0 Å². The van der Waals surface area contributed by atoms with Crippen LogP contribution in [0, 0.1) is 0 Å². The predicted octanol–water partition coefficient (Wildman–Crippen LogP) is 13.5. The number of benzene rings is 7. The first-order valence-corrected chi connectivity index (χ1v) is 18.8. The molecule has 7 aromatic carbocycles. The number of fused-ring (bicyclic) bond motifs is 12. The van der Waals surface area contributed by atoms with Crippen molar-refractivity contribution in [2.24, 2.45) is 0 Å². The highest BCUT2D eigenvalue weighted by Gasteiger charge is 2.30. The fourth-order valence-corrected chi connectivity index (χ4v) is 10.2. The van der Waals surface area contributed by atoms with Crippen LogP contribution in [-0.2, 0) is 0 Å². The molecule has 0 saturated heterocycles. The van der Waals surface area contributed by atoms with Crippen molar-refractivity contribution in [3.05, 3.63) is 175 Å². The molecule has 0 amide bonds. The maximum absolute atomic E-state index is 6.23. The SMILES string of the molecule is C1=Cc2c(n(-c3ccc4sc5ccccc5c4c3)c3ccccc23)C(c2cccc3c2c2ccccc2n3-c2ccc3oc4ccccc4c3c2)C1. The van der Waals surface area contributed by atoms with Crippen molar-refractivity contribution in [1.82, 2.24) is 9.13 Å². The van der Waals surface area contributed by atoms with E-state index in [1.54, 1.807) is 0 Å². The minimum atomic E-state index is 0.158. The van der Waals surface area contributed by atoms with Gasteiger partial charge in [0.05, 0.1) is 16.6 Å². The Morgan fingerprint density at radius 2 is 1.15 bits per heavy atom. The van der Waals surface area contributed by atoms with Crippen molar-refractivity contribution in [1.29, 1.82) is 0 Å². The highest BCUT2D eigenvalue weighted by Crippen LogP contribution is 2.47. The fourth-order valence-electron chi connectivity index (χ4n) is 9.11. The Bertz CT molecular complexity index is 3290. The smallest absolute Gasteiger partial charge is 0.135 e. The van der Waals surface area contributed by atoms with E-state index in [0.29, 0.717) is 0 Å². The Hall–Kier alpha value is -6.36. The summed E-state index contributed by atoms with van der Waals surface area (Å²) in [5.74, 6) is 0.158. The molecule has 3 nitrogen and oxygen atoms in total. The van der Waals surface area contributed by atoms with Gasteiger partial charge >= 0.3 is 0 Å². The first kappa shape index (κ1) is 28.3. The summed E-state index contributed by atoms with van der Waals surface area (Å²) in [5, 5.41) is 8.81. The molecular formula is C48H30N2OS. The average Bonchev–Trinajstić information content (AvgIpc) is 3.95. The van der Waals surface area contributed by atoms with Crippen molar-refractivity contribution in [3.8, 4) is 11.4 Å². The third-order valence-corrected chi connectivity index (χ3v) is 12.4. The van der Waals surface area contributed by atoms with E-state index in [0.717, 1.165) is 34.0 Å². The highest BCUT2D eigenvalue weighted by atomic mass is 32.1. The Labute approximate surface area is 302 Å². The van der Waals surface area contributed by atoms with E-state index in [9.17, 15) is 0 Å². The molecule has 0 bridgehead atoms. The molecule has 12 rings (SSSR count). The summed E-state index contributed by atoms with van der Waals surface area (Å²) in [7, 11) is 0. The zero-order valence-electron chi connectivity index (χ0n) is 28.1. The maximum atomic E-state index is 6.23. The molecule has 0 N–H and O–H groups in total. The monoisotopic (exact) mass is 682 g/mol. The van der Waals surface area contributed by atoms with Crippen LogP contribution < -0.4 is 0 Å². The number of hydrogen-bond donors (Lipinski definition) is 0. The summed E-state index contributed by atoms with van der Waals surface area (Å²) in [4.78, 5) is 0. The lowest BCUT2D eigenvalue weighted by Gasteiger charge is -2.24. The summed E-state index contributed by atoms with van der Waals surface area (Å²) in [6.07, 6.45) is 5.67. The summed E-state index contributed by atoms with van der Waals surface area (Å²) in [6, 6.07) is 55.5. The summed E-state index contributed by atoms with van der Waals surface area (Å²) in [6.45, 7) is 0. The normalized spacial score (nSPS) is 14.6. The van der Waals surface area contributed by atoms with Crippen molar-refractivity contribution >= 4 is 92.2 Å². The molecule has 0 fully saturated rings. The molecule has 52 heavy (non-hydrogen) atoms. The molecule has 0 aliphatic heterocycles. The molecule has 244 valence electrons. The van der Waals surface area contributed by atoms with Gasteiger partial charge in [0.25, 0.3) is 0 Å². The van der Waals surface area contributed by atoms with Gasteiger partial charge < -0.3 is 13.6 Å². The first-order chi connectivity index (χ1) is 25.8. The molecule has 0 saturated carbocycles. The Morgan fingerprint density at radius 1 is 0.500 bits per heavy atom. The Kier molecular flexibility index (Phi) is 5.77. The Balaban J connectivity index is 1.12. The van der Waals surface area contributed by atoms with E-state index in [1.165, 1.54) is 75.4 Å². The van der Waals surface area contributed by atoms with Gasteiger partial charge in [-0.25, -0.2) is 0 Å². The van der Waals surface area contributed by atoms with Crippen LogP contribution in [0.15, 0.2) is 162 Å². The molecule has 1 unspecified atom stereocenters. The van der Waals surface area contributed by atoms with Crippen molar-refractivity contribution < 1.29 is 4.42 Å². The van der Waals surface area contributed by atoms with E-state index >= 15 is 0 Å². The van der Waals surface area contributed by atoms with Gasteiger partial charge in [0.1, 0.15) is 11.2 Å². The summed E-state index contributed by atoms with van der Waals surface area (Å²) >= 11 is 1.87. The predicted molar refractivity (Wildman–Crippen MR) is 220 cm³/mol. The van der Waals surface area contributed by atoms with E-state index in [4.69, 9.17) is 4.42 Å². The standard InChI is InChI=1S/C48H30N2OS/c1-5-18-40-31(11-1)35-16-9-17-36(48(35)50(40)30-24-26-46-39(28-30)33-13-4-8-22-45(33)52-46)34-15-10-20-42-47(34)37-14-2-6-19-41(37)49(42)29-23-25-44-38(27-29)32-12-3-7-21-43(32)51-44/h1-16,18-28,36H,17H2. The minimum Gasteiger partial charge on any atom is -0.456 e. The third kappa shape index (κ3) is 3.85. The van der Waals surface area contributed by atoms with Gasteiger partial charge in [-0.2, -0.15) is 0 Å². The van der Waals surface area contributed by atoms with Gasteiger partial charge in [-0.05, 0) is 78.7 Å². The van der Waals surface area contributed by atoms with Crippen LogP contribution in [0.1, 0.15) is 29.2 Å². The van der Waals surface area contributed by atoms with Gasteiger partial charge in [0.2, 0.25) is 0 Å². The lowest BCUT2D eigenvalue weighted by atomic mass is 9.84. The molecular weight excluding hydrogens is 653 g/mol. The lowest BCUT2D eigenvalue weighted by molar-refractivity contribution is 0.669. The fraction of sp³-hybridized carbons (Fsp3) is 0.0417. The van der Waals surface area contributed by atoms with Crippen molar-refractivity contribution in [2.75, 3.05) is 0 Å². The number of allylic oxidation sites excluding steroid dienone is 1. The van der Waals surface area contributed by atoms with Gasteiger partial charge in [-0.15, -0.1) is 11.3 Å². The minimum absolute atomic E-state index is 0.158. The highest BCUT2D eigenvalue weighted by molar-refractivity contribution is 7.25. The molecule has 4 heteroatoms. The first-order valence-electron chi connectivity index (χ1n) is 18.0. The van der Waals surface area contributed by atoms with Crippen molar-refractivity contribution in [3.63, 3.8) is 0 Å². The van der Waals surface area contributed by atoms with E-state index in [2.05, 4.69) is 167 Å². The van der Waals surface area contributed by atoms with E-state index in [1.807, 2.05) is 17.4 Å². The van der Waals surface area contributed by atoms with Gasteiger partial charge in [0, 0.05) is 75.7 Å². The van der Waals surface area contributed by atoms with Crippen LogP contribution in [0.2, 0.25) is 0 Å². The van der Waals surface area contributed by atoms with Crippen LogP contribution in [0.25, 0.3) is 92.3 Å². The number of thiophene rings is 1. The molecule has 4 heterocycles. The largest absolute Gasteiger partial charge is 0.456 e. The molecule has 1 aliphatic carbocycles. The van der Waals surface area contributed by atoms with Gasteiger partial charge in [-0.3, -0.25) is 0 Å². The maximum Gasteiger partial charge on any atom is 0.135 e. The molecule has 1 aliphatic rings. The number of aromatic nitrogens is 2. The summed E-state index contributed by atoms with van der Waals surface area (Å²) in [5.41, 5.74) is 11.9. The number of rotatable bonds is 3. The quantitative estimate of drug-likeness (QED) is 0.182. The Morgan fingerprint density at radius 3 is 2.06 bits per heavy atom. The van der Waals surface area contributed by atoms with Crippen LogP contribution in [0.5, 0.6) is 0 Å². The van der Waals surface area contributed by atoms with Gasteiger partial charge in [0.15, 0.2) is 0 Å². The number of furan rings is 1.